The van der Waals surface area contributed by atoms with Crippen LogP contribution in [0.25, 0.3) is 5.57 Å². The molecule has 0 spiro atoms. The molecule has 1 aliphatic rings. The number of rotatable bonds is 7. The molecule has 0 atom stereocenters. The highest BCUT2D eigenvalue weighted by Gasteiger charge is 2.40. The summed E-state index contributed by atoms with van der Waals surface area (Å²) in [7, 11) is 1.54. The average Bonchev–Trinajstić information content (AvgIpc) is 3.04. The van der Waals surface area contributed by atoms with Crippen LogP contribution in [0, 0.1) is 5.82 Å². The third-order valence-corrected chi connectivity index (χ3v) is 4.94. The summed E-state index contributed by atoms with van der Waals surface area (Å²) < 4.78 is 24.3. The van der Waals surface area contributed by atoms with Crippen LogP contribution in [0.15, 0.2) is 78.5 Å². The van der Waals surface area contributed by atoms with Gasteiger partial charge in [0.1, 0.15) is 23.0 Å². The van der Waals surface area contributed by atoms with Crippen molar-refractivity contribution in [3.63, 3.8) is 0 Å². The molecule has 2 amide bonds. The fourth-order valence-electron chi connectivity index (χ4n) is 3.49. The topological polar surface area (TPSA) is 67.9 Å². The lowest BCUT2D eigenvalue weighted by atomic mass is 10.0. The molecule has 0 bridgehead atoms. The monoisotopic (exact) mass is 432 g/mol. The van der Waals surface area contributed by atoms with E-state index in [1.807, 2.05) is 6.92 Å². The molecule has 1 aliphatic heterocycles. The lowest BCUT2D eigenvalue weighted by Crippen LogP contribution is -2.32. The van der Waals surface area contributed by atoms with E-state index in [9.17, 15) is 14.0 Å². The maximum absolute atomic E-state index is 13.5. The fourth-order valence-corrected chi connectivity index (χ4v) is 3.49. The van der Waals surface area contributed by atoms with Crippen LogP contribution in [0.5, 0.6) is 11.5 Å². The number of benzene rings is 3. The number of imide groups is 1. The number of nitrogens with one attached hydrogen (secondary N) is 1. The molecule has 0 saturated carbocycles. The summed E-state index contributed by atoms with van der Waals surface area (Å²) in [5.41, 5.74) is 1.63. The molecule has 32 heavy (non-hydrogen) atoms. The lowest BCUT2D eigenvalue weighted by Gasteiger charge is -2.16. The first kappa shape index (κ1) is 21.1. The Kier molecular flexibility index (Phi) is 5.89. The Bertz CT molecular complexity index is 1200. The van der Waals surface area contributed by atoms with Gasteiger partial charge in [-0.2, -0.15) is 0 Å². The molecule has 0 aliphatic carbocycles. The number of hydrogen-bond acceptors (Lipinski definition) is 5. The van der Waals surface area contributed by atoms with E-state index in [-0.39, 0.29) is 11.3 Å². The molecule has 0 aromatic heterocycles. The Morgan fingerprint density at radius 3 is 2.34 bits per heavy atom. The lowest BCUT2D eigenvalue weighted by molar-refractivity contribution is -0.120. The molecular formula is C25H21FN2O4. The summed E-state index contributed by atoms with van der Waals surface area (Å²) in [4.78, 5) is 28.0. The van der Waals surface area contributed by atoms with Crippen LogP contribution >= 0.6 is 0 Å². The molecule has 3 aromatic carbocycles. The van der Waals surface area contributed by atoms with Gasteiger partial charge in [-0.3, -0.25) is 9.59 Å². The second kappa shape index (κ2) is 8.93. The number of hydrogen-bond donors (Lipinski definition) is 1. The quantitative estimate of drug-likeness (QED) is 0.552. The highest BCUT2D eigenvalue weighted by atomic mass is 19.1. The Morgan fingerprint density at radius 2 is 1.62 bits per heavy atom. The highest BCUT2D eigenvalue weighted by molar-refractivity contribution is 6.46. The summed E-state index contributed by atoms with van der Waals surface area (Å²) in [5.74, 6) is -0.332. The van der Waals surface area contributed by atoms with E-state index >= 15 is 0 Å². The van der Waals surface area contributed by atoms with E-state index in [1.165, 1.54) is 24.3 Å². The predicted molar refractivity (Wildman–Crippen MR) is 120 cm³/mol. The largest absolute Gasteiger partial charge is 0.497 e. The maximum atomic E-state index is 13.5. The zero-order valence-corrected chi connectivity index (χ0v) is 17.6. The summed E-state index contributed by atoms with van der Waals surface area (Å²) in [6.07, 6.45) is 0. The molecule has 6 nitrogen and oxygen atoms in total. The molecule has 4 rings (SSSR count). The molecule has 0 fully saturated rings. The summed E-state index contributed by atoms with van der Waals surface area (Å²) in [6, 6.07) is 19.2. The van der Waals surface area contributed by atoms with E-state index in [0.29, 0.717) is 35.0 Å². The SMILES string of the molecule is CCOc1cccc(N2C(=O)C(Nc3cccc(OC)c3)=C(c3ccc(F)cc3)C2=O)c1. The van der Waals surface area contributed by atoms with Crippen LogP contribution in [-0.2, 0) is 9.59 Å². The van der Waals surface area contributed by atoms with Crippen molar-refractivity contribution in [2.45, 2.75) is 6.92 Å². The Hall–Kier alpha value is -4.13. The molecule has 7 heteroatoms. The van der Waals surface area contributed by atoms with Crippen molar-refractivity contribution in [2.24, 2.45) is 0 Å². The average molecular weight is 432 g/mol. The number of carbonyl (C=O) groups is 2. The van der Waals surface area contributed by atoms with Gasteiger partial charge in [0.25, 0.3) is 11.8 Å². The van der Waals surface area contributed by atoms with Crippen LogP contribution in [0.3, 0.4) is 0 Å². The number of halogens is 1. The summed E-state index contributed by atoms with van der Waals surface area (Å²) in [6.45, 7) is 2.30. The minimum Gasteiger partial charge on any atom is -0.497 e. The third kappa shape index (κ3) is 4.05. The van der Waals surface area contributed by atoms with E-state index in [0.717, 1.165) is 4.90 Å². The van der Waals surface area contributed by atoms with Crippen molar-refractivity contribution in [3.8, 4) is 11.5 Å². The first-order valence-corrected chi connectivity index (χ1v) is 10.0. The van der Waals surface area contributed by atoms with Crippen LogP contribution in [0.1, 0.15) is 12.5 Å². The van der Waals surface area contributed by atoms with Crippen molar-refractivity contribution < 1.29 is 23.5 Å². The zero-order valence-electron chi connectivity index (χ0n) is 17.6. The van der Waals surface area contributed by atoms with Crippen molar-refractivity contribution in [1.29, 1.82) is 0 Å². The van der Waals surface area contributed by atoms with Gasteiger partial charge < -0.3 is 14.8 Å². The first-order chi connectivity index (χ1) is 15.5. The van der Waals surface area contributed by atoms with Gasteiger partial charge in [-0.25, -0.2) is 9.29 Å². The van der Waals surface area contributed by atoms with Gasteiger partial charge in [0, 0.05) is 17.8 Å². The molecule has 1 heterocycles. The number of methoxy groups -OCH3 is 1. The smallest absolute Gasteiger partial charge is 0.282 e. The molecule has 0 saturated heterocycles. The minimum atomic E-state index is -0.522. The number of ether oxygens (including phenoxy) is 2. The van der Waals surface area contributed by atoms with E-state index in [1.54, 1.807) is 55.6 Å². The number of anilines is 2. The molecule has 0 unspecified atom stereocenters. The second-order valence-electron chi connectivity index (χ2n) is 6.99. The molecule has 0 radical (unpaired) electrons. The van der Waals surface area contributed by atoms with Gasteiger partial charge >= 0.3 is 0 Å². The summed E-state index contributed by atoms with van der Waals surface area (Å²) in [5, 5.41) is 3.06. The molecule has 3 aromatic rings. The normalized spacial score (nSPS) is 13.5. The standard InChI is InChI=1S/C25H21FN2O4/c1-3-32-21-9-5-7-19(15-21)28-24(29)22(16-10-12-17(26)13-11-16)23(25(28)30)27-18-6-4-8-20(14-18)31-2/h4-15,27H,3H2,1-2H3. The Morgan fingerprint density at radius 1 is 0.906 bits per heavy atom. The van der Waals surface area contributed by atoms with Gasteiger partial charge in [0.05, 0.1) is 25.0 Å². The molecule has 162 valence electrons. The zero-order chi connectivity index (χ0) is 22.7. The van der Waals surface area contributed by atoms with E-state index in [2.05, 4.69) is 5.32 Å². The number of nitrogens with zero attached hydrogens (tertiary/aromatic N) is 1. The number of amides is 2. The van der Waals surface area contributed by atoms with E-state index in [4.69, 9.17) is 9.47 Å². The Labute approximate surface area is 184 Å². The van der Waals surface area contributed by atoms with Crippen LogP contribution < -0.4 is 19.7 Å². The van der Waals surface area contributed by atoms with Crippen molar-refractivity contribution in [1.82, 2.24) is 0 Å². The second-order valence-corrected chi connectivity index (χ2v) is 6.99. The van der Waals surface area contributed by atoms with Crippen molar-refractivity contribution >= 4 is 28.8 Å². The van der Waals surface area contributed by atoms with Crippen LogP contribution in [0.4, 0.5) is 15.8 Å². The van der Waals surface area contributed by atoms with Crippen LogP contribution in [0.2, 0.25) is 0 Å². The fraction of sp³-hybridized carbons (Fsp3) is 0.120. The van der Waals surface area contributed by atoms with E-state index < -0.39 is 17.6 Å². The first-order valence-electron chi connectivity index (χ1n) is 10.0. The van der Waals surface area contributed by atoms with Crippen molar-refractivity contribution in [3.05, 3.63) is 89.9 Å². The minimum absolute atomic E-state index is 0.0941. The van der Waals surface area contributed by atoms with Gasteiger partial charge in [-0.05, 0) is 48.9 Å². The number of carbonyl (C=O) groups excluding carboxylic acids is 2. The van der Waals surface area contributed by atoms with Crippen LogP contribution in [-0.4, -0.2) is 25.5 Å². The van der Waals surface area contributed by atoms with Crippen molar-refractivity contribution in [2.75, 3.05) is 23.9 Å². The molecule has 1 N–H and O–H groups in total. The highest BCUT2D eigenvalue weighted by Crippen LogP contribution is 2.35. The van der Waals surface area contributed by atoms with Gasteiger partial charge in [-0.1, -0.05) is 24.3 Å². The maximum Gasteiger partial charge on any atom is 0.282 e. The molecular weight excluding hydrogens is 411 g/mol. The van der Waals surface area contributed by atoms with Gasteiger partial charge in [0.15, 0.2) is 0 Å². The predicted octanol–water partition coefficient (Wildman–Crippen LogP) is 4.63. The van der Waals surface area contributed by atoms with Gasteiger partial charge in [0.2, 0.25) is 0 Å². The Balaban J connectivity index is 1.79. The summed E-state index contributed by atoms with van der Waals surface area (Å²) >= 11 is 0. The van der Waals surface area contributed by atoms with Gasteiger partial charge in [-0.15, -0.1) is 0 Å². The third-order valence-electron chi connectivity index (χ3n) is 4.94.